The maximum absolute atomic E-state index is 11.9. The highest BCUT2D eigenvalue weighted by Gasteiger charge is 2.16. The molecule has 0 saturated heterocycles. The van der Waals surface area contributed by atoms with Crippen LogP contribution in [0, 0.1) is 0 Å². The lowest BCUT2D eigenvalue weighted by molar-refractivity contribution is 0.0698. The number of nitrogens with one attached hydrogen (secondary N) is 1. The van der Waals surface area contributed by atoms with Gasteiger partial charge in [-0.3, -0.25) is 4.79 Å². The van der Waals surface area contributed by atoms with E-state index in [-0.39, 0.29) is 11.3 Å². The van der Waals surface area contributed by atoms with Gasteiger partial charge < -0.3 is 10.4 Å². The average Bonchev–Trinajstić information content (AvgIpc) is 2.77. The van der Waals surface area contributed by atoms with Gasteiger partial charge in [0.2, 0.25) is 0 Å². The van der Waals surface area contributed by atoms with Gasteiger partial charge in [0.05, 0.1) is 5.56 Å². The van der Waals surface area contributed by atoms with Crippen molar-refractivity contribution < 1.29 is 14.7 Å². The van der Waals surface area contributed by atoms with Crippen molar-refractivity contribution in [3.8, 4) is 0 Å². The van der Waals surface area contributed by atoms with Crippen molar-refractivity contribution >= 4 is 44.1 Å². The third-order valence-corrected chi connectivity index (χ3v) is 3.57. The van der Waals surface area contributed by atoms with E-state index in [1.165, 1.54) is 12.3 Å². The Morgan fingerprint density at radius 2 is 2.17 bits per heavy atom. The van der Waals surface area contributed by atoms with Crippen molar-refractivity contribution in [3.63, 3.8) is 0 Å². The molecule has 0 spiro atoms. The Bertz CT molecular complexity index is 612. The second-order valence-electron chi connectivity index (χ2n) is 3.26. The number of anilines is 1. The van der Waals surface area contributed by atoms with Crippen LogP contribution >= 0.6 is 27.3 Å². The number of carboxylic acid groups (broad SMARTS) is 1. The fourth-order valence-corrected chi connectivity index (χ4v) is 2.50. The van der Waals surface area contributed by atoms with Crippen LogP contribution in [0.5, 0.6) is 0 Å². The van der Waals surface area contributed by atoms with Crippen molar-refractivity contribution in [2.75, 3.05) is 5.32 Å². The highest BCUT2D eigenvalue weighted by atomic mass is 79.9. The van der Waals surface area contributed by atoms with Crippen molar-refractivity contribution in [1.29, 1.82) is 0 Å². The first-order chi connectivity index (χ1) is 8.59. The minimum Gasteiger partial charge on any atom is -0.478 e. The molecule has 2 aromatic heterocycles. The van der Waals surface area contributed by atoms with Gasteiger partial charge in [-0.25, -0.2) is 9.78 Å². The van der Waals surface area contributed by atoms with Gasteiger partial charge in [-0.2, -0.15) is 0 Å². The predicted octanol–water partition coefficient (Wildman–Crippen LogP) is 2.86. The minimum atomic E-state index is -1.08. The third-order valence-electron chi connectivity index (χ3n) is 2.10. The van der Waals surface area contributed by atoms with E-state index in [1.54, 1.807) is 17.5 Å². The number of carbonyl (C=O) groups excluding carboxylic acids is 1. The number of hydrogen-bond donors (Lipinski definition) is 2. The summed E-state index contributed by atoms with van der Waals surface area (Å²) in [4.78, 5) is 26.7. The van der Waals surface area contributed by atoms with Gasteiger partial charge in [0.1, 0.15) is 10.7 Å². The normalized spacial score (nSPS) is 10.1. The van der Waals surface area contributed by atoms with Crippen molar-refractivity contribution in [2.24, 2.45) is 0 Å². The topological polar surface area (TPSA) is 79.3 Å². The minimum absolute atomic E-state index is 0.0698. The van der Waals surface area contributed by atoms with Gasteiger partial charge in [-0.1, -0.05) is 0 Å². The van der Waals surface area contributed by atoms with E-state index in [9.17, 15) is 9.59 Å². The number of nitrogens with zero attached hydrogens (tertiary/aromatic N) is 1. The van der Waals surface area contributed by atoms with E-state index in [0.29, 0.717) is 9.47 Å². The summed E-state index contributed by atoms with van der Waals surface area (Å²) in [6, 6.07) is 4.82. The van der Waals surface area contributed by atoms with Crippen LogP contribution in [-0.4, -0.2) is 22.0 Å². The Hall–Kier alpha value is -1.73. The van der Waals surface area contributed by atoms with Gasteiger partial charge in [-0.15, -0.1) is 11.3 Å². The summed E-state index contributed by atoms with van der Waals surface area (Å²) < 4.78 is 0.552. The zero-order chi connectivity index (χ0) is 13.1. The lowest BCUT2D eigenvalue weighted by Crippen LogP contribution is -2.15. The first kappa shape index (κ1) is 12.7. The second-order valence-corrected chi connectivity index (χ2v) is 5.03. The summed E-state index contributed by atoms with van der Waals surface area (Å²) >= 11 is 4.36. The molecule has 2 heterocycles. The average molecular weight is 327 g/mol. The van der Waals surface area contributed by atoms with Crippen LogP contribution in [0.15, 0.2) is 34.2 Å². The molecule has 0 aromatic carbocycles. The van der Waals surface area contributed by atoms with Crippen LogP contribution in [-0.2, 0) is 0 Å². The summed E-state index contributed by atoms with van der Waals surface area (Å²) in [7, 11) is 0. The fourth-order valence-electron chi connectivity index (χ4n) is 1.29. The molecule has 0 aliphatic rings. The first-order valence-corrected chi connectivity index (χ1v) is 6.49. The van der Waals surface area contributed by atoms with E-state index < -0.39 is 11.9 Å². The molecule has 7 heteroatoms. The number of aromatic nitrogens is 1. The van der Waals surface area contributed by atoms with Crippen LogP contribution in [0.25, 0.3) is 0 Å². The van der Waals surface area contributed by atoms with Gasteiger partial charge in [0.25, 0.3) is 5.91 Å². The SMILES string of the molecule is O=C(O)c1ccsc1NC(=O)c1ncccc1Br. The number of aromatic carboxylic acids is 1. The number of halogens is 1. The smallest absolute Gasteiger partial charge is 0.338 e. The standard InChI is InChI=1S/C11H7BrN2O3S/c12-7-2-1-4-13-8(7)9(15)14-10-6(11(16)17)3-5-18-10/h1-5H,(H,14,15)(H,16,17). The van der Waals surface area contributed by atoms with Crippen molar-refractivity contribution in [2.45, 2.75) is 0 Å². The Labute approximate surface area is 115 Å². The summed E-state index contributed by atoms with van der Waals surface area (Å²) in [5.41, 5.74) is 0.280. The van der Waals surface area contributed by atoms with E-state index in [4.69, 9.17) is 5.11 Å². The molecule has 2 rings (SSSR count). The number of hydrogen-bond acceptors (Lipinski definition) is 4. The summed E-state index contributed by atoms with van der Waals surface area (Å²) in [6.45, 7) is 0. The molecule has 0 aliphatic heterocycles. The summed E-state index contributed by atoms with van der Waals surface area (Å²) in [5, 5.41) is 13.4. The third kappa shape index (κ3) is 2.57. The molecular weight excluding hydrogens is 320 g/mol. The molecule has 0 bridgehead atoms. The van der Waals surface area contributed by atoms with Crippen molar-refractivity contribution in [3.05, 3.63) is 45.5 Å². The molecular formula is C11H7BrN2O3S. The fraction of sp³-hybridized carbons (Fsp3) is 0. The zero-order valence-electron chi connectivity index (χ0n) is 8.88. The van der Waals surface area contributed by atoms with Crippen LogP contribution in [0.1, 0.15) is 20.8 Å². The highest BCUT2D eigenvalue weighted by molar-refractivity contribution is 9.10. The summed E-state index contributed by atoms with van der Waals surface area (Å²) in [6.07, 6.45) is 1.49. The van der Waals surface area contributed by atoms with Gasteiger partial charge in [0.15, 0.2) is 0 Å². The number of pyridine rings is 1. The molecule has 0 fully saturated rings. The molecule has 0 unspecified atom stereocenters. The van der Waals surface area contributed by atoms with Crippen LogP contribution < -0.4 is 5.32 Å². The van der Waals surface area contributed by atoms with Crippen LogP contribution in [0.3, 0.4) is 0 Å². The van der Waals surface area contributed by atoms with Gasteiger partial charge in [0, 0.05) is 10.7 Å². The number of carbonyl (C=O) groups is 2. The quantitative estimate of drug-likeness (QED) is 0.908. The lowest BCUT2D eigenvalue weighted by atomic mass is 10.3. The Balaban J connectivity index is 2.25. The zero-order valence-corrected chi connectivity index (χ0v) is 11.3. The number of amides is 1. The van der Waals surface area contributed by atoms with E-state index in [2.05, 4.69) is 26.2 Å². The molecule has 92 valence electrons. The van der Waals surface area contributed by atoms with Gasteiger partial charge >= 0.3 is 5.97 Å². The number of rotatable bonds is 3. The Morgan fingerprint density at radius 1 is 1.39 bits per heavy atom. The molecule has 5 nitrogen and oxygen atoms in total. The van der Waals surface area contributed by atoms with E-state index >= 15 is 0 Å². The van der Waals surface area contributed by atoms with Crippen molar-refractivity contribution in [1.82, 2.24) is 4.98 Å². The monoisotopic (exact) mass is 326 g/mol. The molecule has 1 amide bonds. The molecule has 0 radical (unpaired) electrons. The number of carboxylic acids is 1. The maximum Gasteiger partial charge on any atom is 0.338 e. The predicted molar refractivity (Wildman–Crippen MR) is 71.2 cm³/mol. The molecule has 0 saturated carbocycles. The second kappa shape index (κ2) is 5.28. The Kier molecular flexibility index (Phi) is 3.73. The number of thiophene rings is 1. The summed E-state index contributed by atoms with van der Waals surface area (Å²) in [5.74, 6) is -1.53. The largest absolute Gasteiger partial charge is 0.478 e. The van der Waals surface area contributed by atoms with E-state index in [0.717, 1.165) is 11.3 Å². The highest BCUT2D eigenvalue weighted by Crippen LogP contribution is 2.24. The van der Waals surface area contributed by atoms with E-state index in [1.807, 2.05) is 0 Å². The first-order valence-electron chi connectivity index (χ1n) is 4.82. The maximum atomic E-state index is 11.9. The molecule has 0 aliphatic carbocycles. The molecule has 2 aromatic rings. The molecule has 0 atom stereocenters. The molecule has 18 heavy (non-hydrogen) atoms. The van der Waals surface area contributed by atoms with Gasteiger partial charge in [-0.05, 0) is 39.5 Å². The van der Waals surface area contributed by atoms with Crippen LogP contribution in [0.2, 0.25) is 0 Å². The Morgan fingerprint density at radius 3 is 2.83 bits per heavy atom. The van der Waals surface area contributed by atoms with Crippen LogP contribution in [0.4, 0.5) is 5.00 Å². The lowest BCUT2D eigenvalue weighted by Gasteiger charge is -2.04. The molecule has 2 N–H and O–H groups in total.